The second kappa shape index (κ2) is 5.05. The van der Waals surface area contributed by atoms with Gasteiger partial charge >= 0.3 is 5.97 Å². The van der Waals surface area contributed by atoms with Gasteiger partial charge in [0.1, 0.15) is 0 Å². The quantitative estimate of drug-likeness (QED) is 0.681. The molecule has 4 N–H and O–H groups in total. The molecule has 0 unspecified atom stereocenters. The third kappa shape index (κ3) is 3.35. The van der Waals surface area contributed by atoms with Gasteiger partial charge in [0, 0.05) is 7.11 Å². The Kier molecular flexibility index (Phi) is 3.96. The van der Waals surface area contributed by atoms with E-state index in [0.29, 0.717) is 18.0 Å². The van der Waals surface area contributed by atoms with Gasteiger partial charge in [-0.1, -0.05) is 6.07 Å². The van der Waals surface area contributed by atoms with E-state index in [9.17, 15) is 4.79 Å². The van der Waals surface area contributed by atoms with Gasteiger partial charge in [0.25, 0.3) is 0 Å². The van der Waals surface area contributed by atoms with E-state index in [1.807, 2.05) is 13.8 Å². The lowest BCUT2D eigenvalue weighted by Crippen LogP contribution is -2.36. The molecule has 0 aliphatic heterocycles. The number of methoxy groups -OCH3 is 1. The van der Waals surface area contributed by atoms with Crippen LogP contribution in [0, 0.1) is 0 Å². The second-order valence-corrected chi connectivity index (χ2v) is 4.52. The summed E-state index contributed by atoms with van der Waals surface area (Å²) < 4.78 is 5.07. The van der Waals surface area contributed by atoms with Gasteiger partial charge in [0.05, 0.1) is 29.1 Å². The fourth-order valence-electron chi connectivity index (χ4n) is 1.62. The number of carbonyl (C=O) groups is 1. The van der Waals surface area contributed by atoms with E-state index in [2.05, 4.69) is 5.32 Å². The van der Waals surface area contributed by atoms with Crippen LogP contribution in [0.25, 0.3) is 0 Å². The monoisotopic (exact) mass is 238 g/mol. The Hall–Kier alpha value is -1.75. The normalized spacial score (nSPS) is 11.2. The molecule has 94 valence electrons. The van der Waals surface area contributed by atoms with Crippen LogP contribution >= 0.6 is 0 Å². The maximum atomic E-state index is 11.1. The van der Waals surface area contributed by atoms with Crippen molar-refractivity contribution in [2.75, 3.05) is 24.8 Å². The summed E-state index contributed by atoms with van der Waals surface area (Å²) in [5.41, 5.74) is 6.41. The average Bonchev–Trinajstić information content (AvgIpc) is 2.20. The molecule has 1 aromatic rings. The third-order valence-electron chi connectivity index (χ3n) is 2.30. The maximum Gasteiger partial charge on any atom is 0.337 e. The summed E-state index contributed by atoms with van der Waals surface area (Å²) in [5, 5.41) is 12.2. The highest BCUT2D eigenvalue weighted by molar-refractivity contribution is 5.97. The largest absolute Gasteiger partial charge is 0.478 e. The summed E-state index contributed by atoms with van der Waals surface area (Å²) in [5.74, 6) is -1.01. The molecule has 0 fully saturated rings. The number of carboxylic acids is 1. The zero-order valence-electron chi connectivity index (χ0n) is 10.3. The highest BCUT2D eigenvalue weighted by Crippen LogP contribution is 2.26. The van der Waals surface area contributed by atoms with E-state index in [1.165, 1.54) is 6.07 Å². The molecule has 5 nitrogen and oxygen atoms in total. The molecule has 17 heavy (non-hydrogen) atoms. The number of hydrogen-bond acceptors (Lipinski definition) is 4. The molecule has 0 aromatic heterocycles. The standard InChI is InChI=1S/C12H18N2O3/c1-12(2,7-17-3)14-10-8(11(15)16)5-4-6-9(10)13/h4-6,14H,7,13H2,1-3H3,(H,15,16). The van der Waals surface area contributed by atoms with E-state index in [1.54, 1.807) is 19.2 Å². The van der Waals surface area contributed by atoms with Gasteiger partial charge < -0.3 is 20.9 Å². The number of nitrogen functional groups attached to an aromatic ring is 1. The first-order chi connectivity index (χ1) is 7.87. The molecule has 1 aromatic carbocycles. The number of carboxylic acid groups (broad SMARTS) is 1. The molecular weight excluding hydrogens is 220 g/mol. The smallest absolute Gasteiger partial charge is 0.337 e. The lowest BCUT2D eigenvalue weighted by atomic mass is 10.0. The van der Waals surface area contributed by atoms with E-state index in [4.69, 9.17) is 15.6 Å². The molecule has 0 spiro atoms. The van der Waals surface area contributed by atoms with E-state index >= 15 is 0 Å². The van der Waals surface area contributed by atoms with Crippen molar-refractivity contribution in [2.45, 2.75) is 19.4 Å². The number of aromatic carboxylic acids is 1. The first-order valence-electron chi connectivity index (χ1n) is 5.26. The molecule has 1 rings (SSSR count). The van der Waals surface area contributed by atoms with Crippen LogP contribution in [0.2, 0.25) is 0 Å². The van der Waals surface area contributed by atoms with Crippen molar-refractivity contribution >= 4 is 17.3 Å². The van der Waals surface area contributed by atoms with Gasteiger partial charge in [0.2, 0.25) is 0 Å². The molecule has 0 saturated heterocycles. The van der Waals surface area contributed by atoms with Gasteiger partial charge in [-0.3, -0.25) is 0 Å². The van der Waals surface area contributed by atoms with Crippen molar-refractivity contribution in [3.05, 3.63) is 23.8 Å². The first-order valence-corrected chi connectivity index (χ1v) is 5.26. The number of anilines is 2. The summed E-state index contributed by atoms with van der Waals surface area (Å²) in [7, 11) is 1.59. The minimum Gasteiger partial charge on any atom is -0.478 e. The number of ether oxygens (including phenoxy) is 1. The van der Waals surface area contributed by atoms with Gasteiger partial charge in [0.15, 0.2) is 0 Å². The van der Waals surface area contributed by atoms with Crippen molar-refractivity contribution in [3.63, 3.8) is 0 Å². The highest BCUT2D eigenvalue weighted by Gasteiger charge is 2.21. The van der Waals surface area contributed by atoms with Gasteiger partial charge in [-0.2, -0.15) is 0 Å². The highest BCUT2D eigenvalue weighted by atomic mass is 16.5. The Bertz CT molecular complexity index is 416. The Morgan fingerprint density at radius 3 is 2.71 bits per heavy atom. The Morgan fingerprint density at radius 1 is 1.53 bits per heavy atom. The third-order valence-corrected chi connectivity index (χ3v) is 2.30. The molecule has 0 aliphatic carbocycles. The van der Waals surface area contributed by atoms with E-state index < -0.39 is 11.5 Å². The molecule has 0 radical (unpaired) electrons. The lowest BCUT2D eigenvalue weighted by molar-refractivity contribution is 0.0697. The minimum absolute atomic E-state index is 0.161. The molecule has 5 heteroatoms. The van der Waals surface area contributed by atoms with Crippen molar-refractivity contribution in [2.24, 2.45) is 0 Å². The van der Waals surface area contributed by atoms with Crippen LogP contribution in [0.3, 0.4) is 0 Å². The zero-order valence-corrected chi connectivity index (χ0v) is 10.3. The number of hydrogen-bond donors (Lipinski definition) is 3. The summed E-state index contributed by atoms with van der Waals surface area (Å²) in [6.45, 7) is 4.27. The van der Waals surface area contributed by atoms with Gasteiger partial charge in [-0.25, -0.2) is 4.79 Å². The van der Waals surface area contributed by atoms with Gasteiger partial charge in [-0.05, 0) is 26.0 Å². The predicted octanol–water partition coefficient (Wildman–Crippen LogP) is 1.80. The van der Waals surface area contributed by atoms with Gasteiger partial charge in [-0.15, -0.1) is 0 Å². The molecule has 0 atom stereocenters. The predicted molar refractivity (Wildman–Crippen MR) is 67.4 cm³/mol. The lowest BCUT2D eigenvalue weighted by Gasteiger charge is -2.28. The minimum atomic E-state index is -1.01. The summed E-state index contributed by atoms with van der Waals surface area (Å²) in [4.78, 5) is 11.1. The number of para-hydroxylation sites is 1. The van der Waals surface area contributed by atoms with Crippen LogP contribution < -0.4 is 11.1 Å². The summed E-state index contributed by atoms with van der Waals surface area (Å²) in [6.07, 6.45) is 0. The zero-order chi connectivity index (χ0) is 13.1. The molecule has 0 amide bonds. The number of benzene rings is 1. The fourth-order valence-corrected chi connectivity index (χ4v) is 1.62. The maximum absolute atomic E-state index is 11.1. The summed E-state index contributed by atoms with van der Waals surface area (Å²) >= 11 is 0. The number of nitrogens with one attached hydrogen (secondary N) is 1. The first kappa shape index (κ1) is 13.3. The Labute approximate surface area is 101 Å². The van der Waals surface area contributed by atoms with Crippen molar-refractivity contribution < 1.29 is 14.6 Å². The average molecular weight is 238 g/mol. The van der Waals surface area contributed by atoms with Crippen molar-refractivity contribution in [3.8, 4) is 0 Å². The van der Waals surface area contributed by atoms with Crippen LogP contribution in [0.15, 0.2) is 18.2 Å². The second-order valence-electron chi connectivity index (χ2n) is 4.52. The number of nitrogens with two attached hydrogens (primary N) is 1. The van der Waals surface area contributed by atoms with E-state index in [-0.39, 0.29) is 5.56 Å². The SMILES string of the molecule is COCC(C)(C)Nc1c(N)cccc1C(=O)O. The summed E-state index contributed by atoms with van der Waals surface area (Å²) in [6, 6.07) is 4.80. The fraction of sp³-hybridized carbons (Fsp3) is 0.417. The molecular formula is C12H18N2O3. The molecule has 0 aliphatic rings. The molecule has 0 bridgehead atoms. The van der Waals surface area contributed by atoms with Crippen LogP contribution in [-0.4, -0.2) is 30.3 Å². The van der Waals surface area contributed by atoms with Crippen molar-refractivity contribution in [1.82, 2.24) is 0 Å². The number of rotatable bonds is 5. The Morgan fingerprint density at radius 2 is 2.18 bits per heavy atom. The van der Waals surface area contributed by atoms with Crippen molar-refractivity contribution in [1.29, 1.82) is 0 Å². The molecule has 0 saturated carbocycles. The van der Waals surface area contributed by atoms with Crippen LogP contribution in [0.4, 0.5) is 11.4 Å². The Balaban J connectivity index is 3.08. The van der Waals surface area contributed by atoms with Crippen LogP contribution in [0.1, 0.15) is 24.2 Å². The van der Waals surface area contributed by atoms with Crippen LogP contribution in [-0.2, 0) is 4.74 Å². The van der Waals surface area contributed by atoms with E-state index in [0.717, 1.165) is 0 Å². The topological polar surface area (TPSA) is 84.6 Å². The molecule has 0 heterocycles. The van der Waals surface area contributed by atoms with Crippen LogP contribution in [0.5, 0.6) is 0 Å².